The molecule has 0 aliphatic rings. The fourth-order valence-electron chi connectivity index (χ4n) is 1.76. The van der Waals surface area contributed by atoms with Crippen molar-refractivity contribution in [3.63, 3.8) is 0 Å². The lowest BCUT2D eigenvalue weighted by Gasteiger charge is -2.26. The van der Waals surface area contributed by atoms with Gasteiger partial charge in [-0.25, -0.2) is 0 Å². The van der Waals surface area contributed by atoms with Crippen LogP contribution in [-0.4, -0.2) is 42.0 Å². The predicted octanol–water partition coefficient (Wildman–Crippen LogP) is 2.75. The van der Waals surface area contributed by atoms with Crippen molar-refractivity contribution in [3.05, 3.63) is 38.9 Å². The molecule has 1 aromatic rings. The Morgan fingerprint density at radius 2 is 2.15 bits per heavy atom. The number of methoxy groups -OCH3 is 1. The molecule has 0 radical (unpaired) electrons. The van der Waals surface area contributed by atoms with Crippen molar-refractivity contribution in [1.82, 2.24) is 4.90 Å². The summed E-state index contributed by atoms with van der Waals surface area (Å²) in [5.74, 6) is -0.342. The molecule has 1 amide bonds. The van der Waals surface area contributed by atoms with Crippen molar-refractivity contribution in [2.24, 2.45) is 0 Å². The predicted molar refractivity (Wildman–Crippen MR) is 76.2 cm³/mol. The van der Waals surface area contributed by atoms with Gasteiger partial charge < -0.3 is 9.64 Å². The Kier molecular flexibility index (Phi) is 5.91. The molecule has 0 aromatic heterocycles. The Balaban J connectivity index is 3.12. The summed E-state index contributed by atoms with van der Waals surface area (Å²) in [5, 5.41) is 10.7. The second kappa shape index (κ2) is 7.21. The molecule has 1 rings (SSSR count). The van der Waals surface area contributed by atoms with E-state index in [2.05, 4.69) is 0 Å². The van der Waals surface area contributed by atoms with Crippen molar-refractivity contribution in [1.29, 1.82) is 0 Å². The van der Waals surface area contributed by atoms with Gasteiger partial charge in [-0.15, -0.1) is 0 Å². The average molecular weight is 301 g/mol. The molecule has 0 saturated carbocycles. The summed E-state index contributed by atoms with van der Waals surface area (Å²) in [7, 11) is 1.54. The van der Waals surface area contributed by atoms with Crippen LogP contribution in [0.3, 0.4) is 0 Å². The Labute approximate surface area is 122 Å². The van der Waals surface area contributed by atoms with Gasteiger partial charge in [0.25, 0.3) is 11.6 Å². The maximum absolute atomic E-state index is 12.5. The number of nitrogens with zero attached hydrogens (tertiary/aromatic N) is 2. The van der Waals surface area contributed by atoms with Gasteiger partial charge >= 0.3 is 0 Å². The van der Waals surface area contributed by atoms with Crippen molar-refractivity contribution < 1.29 is 14.5 Å². The van der Waals surface area contributed by atoms with E-state index in [1.54, 1.807) is 12.0 Å². The average Bonchev–Trinajstić information content (AvgIpc) is 2.38. The molecule has 0 aliphatic heterocycles. The molecule has 0 saturated heterocycles. The number of carbonyl (C=O) groups is 1. The Morgan fingerprint density at radius 1 is 1.50 bits per heavy atom. The summed E-state index contributed by atoms with van der Waals surface area (Å²) < 4.78 is 4.97. The molecule has 0 heterocycles. The first-order valence-corrected chi connectivity index (χ1v) is 6.50. The minimum atomic E-state index is -0.603. The quantitative estimate of drug-likeness (QED) is 0.598. The molecule has 7 heteroatoms. The van der Waals surface area contributed by atoms with Gasteiger partial charge in [0, 0.05) is 25.8 Å². The van der Waals surface area contributed by atoms with Gasteiger partial charge in [-0.1, -0.05) is 17.7 Å². The maximum atomic E-state index is 12.5. The summed E-state index contributed by atoms with van der Waals surface area (Å²) in [6.45, 7) is 4.50. The first kappa shape index (κ1) is 16.4. The Bertz CT molecular complexity index is 505. The van der Waals surface area contributed by atoms with E-state index < -0.39 is 4.92 Å². The van der Waals surface area contributed by atoms with Gasteiger partial charge in [0.1, 0.15) is 5.02 Å². The third-order valence-electron chi connectivity index (χ3n) is 2.83. The Hall–Kier alpha value is -1.66. The Morgan fingerprint density at radius 3 is 2.65 bits per heavy atom. The highest BCUT2D eigenvalue weighted by Gasteiger charge is 2.25. The molecule has 20 heavy (non-hydrogen) atoms. The van der Waals surface area contributed by atoms with Crippen LogP contribution in [0.2, 0.25) is 5.02 Å². The number of ether oxygens (including phenoxy) is 1. The van der Waals surface area contributed by atoms with E-state index in [0.29, 0.717) is 13.2 Å². The summed E-state index contributed by atoms with van der Waals surface area (Å²) in [5.41, 5.74) is -0.140. The first-order valence-electron chi connectivity index (χ1n) is 6.13. The fourth-order valence-corrected chi connectivity index (χ4v) is 2.04. The van der Waals surface area contributed by atoms with Crippen LogP contribution in [0, 0.1) is 10.1 Å². The third-order valence-corrected chi connectivity index (χ3v) is 3.22. The van der Waals surface area contributed by atoms with Gasteiger partial charge in [-0.2, -0.15) is 0 Å². The number of nitro benzene ring substituents is 1. The second-order valence-electron chi connectivity index (χ2n) is 4.48. The van der Waals surface area contributed by atoms with Crippen LogP contribution in [0.1, 0.15) is 24.2 Å². The molecule has 6 nitrogen and oxygen atoms in total. The lowest BCUT2D eigenvalue weighted by Crippen LogP contribution is -2.39. The molecule has 0 unspecified atom stereocenters. The minimum absolute atomic E-state index is 0.0621. The van der Waals surface area contributed by atoms with Crippen LogP contribution >= 0.6 is 11.6 Å². The smallest absolute Gasteiger partial charge is 0.288 e. The van der Waals surface area contributed by atoms with Crippen LogP contribution in [0.15, 0.2) is 18.2 Å². The first-order chi connectivity index (χ1) is 9.40. The van der Waals surface area contributed by atoms with Gasteiger partial charge in [-0.3, -0.25) is 14.9 Å². The zero-order valence-corrected chi connectivity index (χ0v) is 12.4. The van der Waals surface area contributed by atoms with Crippen LogP contribution in [0.4, 0.5) is 5.69 Å². The van der Waals surface area contributed by atoms with Crippen LogP contribution in [0.25, 0.3) is 0 Å². The summed E-state index contributed by atoms with van der Waals surface area (Å²) in [6, 6.07) is 4.15. The fraction of sp³-hybridized carbons (Fsp3) is 0.462. The van der Waals surface area contributed by atoms with Gasteiger partial charge in [0.05, 0.1) is 17.1 Å². The molecule has 0 fully saturated rings. The largest absolute Gasteiger partial charge is 0.383 e. The van der Waals surface area contributed by atoms with E-state index in [0.717, 1.165) is 0 Å². The molecular weight excluding hydrogens is 284 g/mol. The lowest BCUT2D eigenvalue weighted by molar-refractivity contribution is -0.384. The number of carbonyl (C=O) groups excluding carboxylic acids is 1. The normalized spacial score (nSPS) is 10.7. The molecule has 0 bridgehead atoms. The van der Waals surface area contributed by atoms with Gasteiger partial charge in [0.15, 0.2) is 0 Å². The number of benzene rings is 1. The van der Waals surface area contributed by atoms with Crippen LogP contribution in [0.5, 0.6) is 0 Å². The molecule has 0 N–H and O–H groups in total. The van der Waals surface area contributed by atoms with E-state index in [1.165, 1.54) is 18.2 Å². The van der Waals surface area contributed by atoms with Gasteiger partial charge in [0.2, 0.25) is 0 Å². The number of hydrogen-bond acceptors (Lipinski definition) is 4. The topological polar surface area (TPSA) is 72.7 Å². The maximum Gasteiger partial charge on any atom is 0.288 e. The molecular formula is C13H17ClN2O4. The molecule has 0 aliphatic carbocycles. The van der Waals surface area contributed by atoms with Crippen molar-refractivity contribution in [2.45, 2.75) is 19.9 Å². The number of hydrogen-bond donors (Lipinski definition) is 0. The molecule has 110 valence electrons. The van der Waals surface area contributed by atoms with E-state index >= 15 is 0 Å². The summed E-state index contributed by atoms with van der Waals surface area (Å²) in [6.07, 6.45) is 0. The second-order valence-corrected chi connectivity index (χ2v) is 4.86. The minimum Gasteiger partial charge on any atom is -0.383 e. The van der Waals surface area contributed by atoms with E-state index in [9.17, 15) is 14.9 Å². The highest BCUT2D eigenvalue weighted by atomic mass is 35.5. The summed E-state index contributed by atoms with van der Waals surface area (Å²) in [4.78, 5) is 24.3. The van der Waals surface area contributed by atoms with Crippen molar-refractivity contribution in [3.8, 4) is 0 Å². The highest BCUT2D eigenvalue weighted by Crippen LogP contribution is 2.28. The SMILES string of the molecule is COCCN(C(=O)c1cccc([N+](=O)[O-])c1Cl)C(C)C. The monoisotopic (exact) mass is 300 g/mol. The molecule has 1 aromatic carbocycles. The van der Waals surface area contributed by atoms with Crippen LogP contribution < -0.4 is 0 Å². The third kappa shape index (κ3) is 3.68. The van der Waals surface area contributed by atoms with E-state index in [1.807, 2.05) is 13.8 Å². The van der Waals surface area contributed by atoms with E-state index in [4.69, 9.17) is 16.3 Å². The standard InChI is InChI=1S/C13H17ClN2O4/c1-9(2)15(7-8-20-3)13(17)10-5-4-6-11(12(10)14)16(18)19/h4-6,9H,7-8H2,1-3H3. The highest BCUT2D eigenvalue weighted by molar-refractivity contribution is 6.35. The molecule has 0 atom stereocenters. The zero-order chi connectivity index (χ0) is 15.3. The van der Waals surface area contributed by atoms with Crippen LogP contribution in [-0.2, 0) is 4.74 Å². The number of halogens is 1. The molecule has 0 spiro atoms. The number of rotatable bonds is 6. The van der Waals surface area contributed by atoms with Crippen molar-refractivity contribution >= 4 is 23.2 Å². The van der Waals surface area contributed by atoms with Crippen molar-refractivity contribution in [2.75, 3.05) is 20.3 Å². The number of nitro groups is 1. The zero-order valence-electron chi connectivity index (χ0n) is 11.6. The number of amides is 1. The van der Waals surface area contributed by atoms with E-state index in [-0.39, 0.29) is 28.2 Å². The van der Waals surface area contributed by atoms with Gasteiger partial charge in [-0.05, 0) is 19.9 Å². The summed E-state index contributed by atoms with van der Waals surface area (Å²) >= 11 is 5.96. The lowest BCUT2D eigenvalue weighted by atomic mass is 10.1.